The Hall–Kier alpha value is -2.32. The number of carbonyl (C=O) groups is 2. The van der Waals surface area contributed by atoms with E-state index < -0.39 is 30.6 Å². The number of pyridine rings is 1. The Bertz CT molecular complexity index is 673. The third-order valence-electron chi connectivity index (χ3n) is 3.89. The van der Waals surface area contributed by atoms with Gasteiger partial charge in [-0.25, -0.2) is 0 Å². The summed E-state index contributed by atoms with van der Waals surface area (Å²) in [4.78, 5) is 27.8. The van der Waals surface area contributed by atoms with Crippen LogP contribution in [0.1, 0.15) is 55.1 Å². The van der Waals surface area contributed by atoms with Gasteiger partial charge in [-0.1, -0.05) is 13.8 Å². The monoisotopic (exact) mass is 373 g/mol. The van der Waals surface area contributed by atoms with Crippen LogP contribution in [-0.2, 0) is 4.79 Å². The second-order valence-electron chi connectivity index (χ2n) is 6.84. The molecule has 0 spiro atoms. The van der Waals surface area contributed by atoms with Gasteiger partial charge >= 0.3 is 6.18 Å². The fourth-order valence-corrected chi connectivity index (χ4v) is 2.51. The zero-order valence-corrected chi connectivity index (χ0v) is 14.6. The van der Waals surface area contributed by atoms with Crippen molar-refractivity contribution in [3.63, 3.8) is 0 Å². The Kier molecular flexibility index (Phi) is 6.09. The second kappa shape index (κ2) is 7.92. The lowest BCUT2D eigenvalue weighted by molar-refractivity contribution is -0.153. The summed E-state index contributed by atoms with van der Waals surface area (Å²) < 4.78 is 42.3. The van der Waals surface area contributed by atoms with Gasteiger partial charge in [0, 0.05) is 17.8 Å². The minimum absolute atomic E-state index is 0.00976. The molecule has 1 heterocycles. The number of nitrogens with zero attached hydrogens (tertiary/aromatic N) is 1. The fraction of sp³-hybridized carbons (Fsp3) is 0.588. The van der Waals surface area contributed by atoms with Crippen molar-refractivity contribution >= 4 is 11.8 Å². The SMILES string of the molecule is CC(C)C[C@H](NC(=O)c1cc(OCC(F)(F)F)c(C2CC2)cn1)C(N)=O. The van der Waals surface area contributed by atoms with Crippen LogP contribution in [0.15, 0.2) is 12.3 Å². The molecule has 1 aliphatic rings. The smallest absolute Gasteiger partial charge is 0.422 e. The van der Waals surface area contributed by atoms with E-state index in [9.17, 15) is 22.8 Å². The summed E-state index contributed by atoms with van der Waals surface area (Å²) in [5.74, 6) is -1.17. The number of hydrogen-bond acceptors (Lipinski definition) is 4. The van der Waals surface area contributed by atoms with E-state index in [4.69, 9.17) is 10.5 Å². The highest BCUT2D eigenvalue weighted by Gasteiger charge is 2.32. The van der Waals surface area contributed by atoms with E-state index in [1.54, 1.807) is 0 Å². The standard InChI is InChI=1S/C17H22F3N3O3/c1-9(2)5-12(15(21)24)23-16(25)13-6-14(26-8-17(18,19)20)11(7-22-13)10-3-4-10/h6-7,9-10,12H,3-5,8H2,1-2H3,(H2,21,24)(H,23,25)/t12-/m0/s1. The second-order valence-corrected chi connectivity index (χ2v) is 6.84. The number of carbonyl (C=O) groups excluding carboxylic acids is 2. The molecule has 0 aliphatic heterocycles. The van der Waals surface area contributed by atoms with E-state index in [0.29, 0.717) is 12.0 Å². The van der Waals surface area contributed by atoms with E-state index in [2.05, 4.69) is 10.3 Å². The molecule has 0 bridgehead atoms. The van der Waals surface area contributed by atoms with Crippen LogP contribution in [0.4, 0.5) is 13.2 Å². The maximum Gasteiger partial charge on any atom is 0.422 e. The van der Waals surface area contributed by atoms with Crippen molar-refractivity contribution in [3.05, 3.63) is 23.5 Å². The van der Waals surface area contributed by atoms with Crippen molar-refractivity contribution < 1.29 is 27.5 Å². The highest BCUT2D eigenvalue weighted by Crippen LogP contribution is 2.44. The summed E-state index contributed by atoms with van der Waals surface area (Å²) >= 11 is 0. The van der Waals surface area contributed by atoms with Gasteiger partial charge in [0.05, 0.1) is 0 Å². The average molecular weight is 373 g/mol. The molecule has 1 saturated carbocycles. The number of ether oxygens (including phenoxy) is 1. The van der Waals surface area contributed by atoms with Gasteiger partial charge in [0.2, 0.25) is 5.91 Å². The molecule has 0 aromatic carbocycles. The summed E-state index contributed by atoms with van der Waals surface area (Å²) in [5, 5.41) is 2.47. The number of nitrogens with one attached hydrogen (secondary N) is 1. The van der Waals surface area contributed by atoms with Gasteiger partial charge in [0.25, 0.3) is 5.91 Å². The highest BCUT2D eigenvalue weighted by molar-refractivity contribution is 5.96. The van der Waals surface area contributed by atoms with Crippen LogP contribution >= 0.6 is 0 Å². The summed E-state index contributed by atoms with van der Waals surface area (Å²) in [6.45, 7) is 2.29. The molecule has 0 radical (unpaired) electrons. The van der Waals surface area contributed by atoms with Crippen LogP contribution in [0.25, 0.3) is 0 Å². The Morgan fingerprint density at radius 3 is 2.54 bits per heavy atom. The van der Waals surface area contributed by atoms with Gasteiger partial charge in [-0.2, -0.15) is 13.2 Å². The molecule has 2 amide bonds. The third kappa shape index (κ3) is 5.89. The van der Waals surface area contributed by atoms with Crippen LogP contribution in [0.3, 0.4) is 0 Å². The Balaban J connectivity index is 2.17. The van der Waals surface area contributed by atoms with Gasteiger partial charge in [-0.3, -0.25) is 14.6 Å². The van der Waals surface area contributed by atoms with Crippen LogP contribution < -0.4 is 15.8 Å². The summed E-state index contributed by atoms with van der Waals surface area (Å²) in [6.07, 6.45) is -1.10. The topological polar surface area (TPSA) is 94.3 Å². The number of amides is 2. The lowest BCUT2D eigenvalue weighted by atomic mass is 10.0. The van der Waals surface area contributed by atoms with Gasteiger partial charge in [0.1, 0.15) is 17.5 Å². The van der Waals surface area contributed by atoms with Crippen LogP contribution in [0.2, 0.25) is 0 Å². The highest BCUT2D eigenvalue weighted by atomic mass is 19.4. The van der Waals surface area contributed by atoms with E-state index in [1.807, 2.05) is 13.8 Å². The molecule has 2 rings (SSSR count). The van der Waals surface area contributed by atoms with E-state index in [0.717, 1.165) is 12.8 Å². The largest absolute Gasteiger partial charge is 0.484 e. The Labute approximate surface area is 149 Å². The number of rotatable bonds is 8. The molecule has 1 fully saturated rings. The average Bonchev–Trinajstić information content (AvgIpc) is 3.35. The molecule has 3 N–H and O–H groups in total. The summed E-state index contributed by atoms with van der Waals surface area (Å²) in [6, 6.07) is 0.300. The van der Waals surface area contributed by atoms with Crippen LogP contribution in [0.5, 0.6) is 5.75 Å². The van der Waals surface area contributed by atoms with E-state index in [-0.39, 0.29) is 23.3 Å². The van der Waals surface area contributed by atoms with Gasteiger partial charge in [-0.15, -0.1) is 0 Å². The number of hydrogen-bond donors (Lipinski definition) is 2. The fourth-order valence-electron chi connectivity index (χ4n) is 2.51. The van der Waals surface area contributed by atoms with Crippen molar-refractivity contribution in [2.24, 2.45) is 11.7 Å². The normalized spacial score (nSPS) is 15.6. The number of alkyl halides is 3. The van der Waals surface area contributed by atoms with Crippen molar-refractivity contribution in [1.29, 1.82) is 0 Å². The maximum absolute atomic E-state index is 12.5. The minimum Gasteiger partial charge on any atom is -0.484 e. The first-order valence-corrected chi connectivity index (χ1v) is 8.36. The lowest BCUT2D eigenvalue weighted by Gasteiger charge is -2.18. The first-order chi connectivity index (χ1) is 12.1. The first kappa shape index (κ1) is 20.0. The van der Waals surface area contributed by atoms with Crippen molar-refractivity contribution in [3.8, 4) is 5.75 Å². The number of halogens is 3. The van der Waals surface area contributed by atoms with E-state index >= 15 is 0 Å². The minimum atomic E-state index is -4.49. The predicted octanol–water partition coefficient (Wildman–Crippen LogP) is 2.53. The first-order valence-electron chi connectivity index (χ1n) is 8.36. The molecule has 1 aromatic rings. The molecular weight excluding hydrogens is 351 g/mol. The molecule has 26 heavy (non-hydrogen) atoms. The summed E-state index contributed by atoms with van der Waals surface area (Å²) in [5.41, 5.74) is 5.72. The Morgan fingerprint density at radius 2 is 2.04 bits per heavy atom. The van der Waals surface area contributed by atoms with Gasteiger partial charge in [0.15, 0.2) is 6.61 Å². The van der Waals surface area contributed by atoms with E-state index in [1.165, 1.54) is 12.3 Å². The molecule has 1 aromatic heterocycles. The lowest BCUT2D eigenvalue weighted by Crippen LogP contribution is -2.45. The summed E-state index contributed by atoms with van der Waals surface area (Å²) in [7, 11) is 0. The van der Waals surface area contributed by atoms with Crippen LogP contribution in [-0.4, -0.2) is 35.6 Å². The third-order valence-corrected chi connectivity index (χ3v) is 3.89. The maximum atomic E-state index is 12.5. The van der Waals surface area contributed by atoms with Gasteiger partial charge < -0.3 is 15.8 Å². The number of nitrogens with two attached hydrogens (primary N) is 1. The number of primary amides is 1. The number of aromatic nitrogens is 1. The quantitative estimate of drug-likeness (QED) is 0.732. The van der Waals surface area contributed by atoms with Gasteiger partial charge in [-0.05, 0) is 31.1 Å². The molecule has 144 valence electrons. The van der Waals surface area contributed by atoms with Crippen molar-refractivity contribution in [2.75, 3.05) is 6.61 Å². The zero-order chi connectivity index (χ0) is 19.5. The molecule has 6 nitrogen and oxygen atoms in total. The molecule has 1 aliphatic carbocycles. The van der Waals surface area contributed by atoms with Crippen molar-refractivity contribution in [2.45, 2.75) is 51.2 Å². The van der Waals surface area contributed by atoms with Crippen LogP contribution in [0, 0.1) is 5.92 Å². The Morgan fingerprint density at radius 1 is 1.38 bits per heavy atom. The predicted molar refractivity (Wildman–Crippen MR) is 87.7 cm³/mol. The zero-order valence-electron chi connectivity index (χ0n) is 14.6. The molecule has 0 saturated heterocycles. The molecular formula is C17H22F3N3O3. The molecule has 1 atom stereocenters. The molecule has 9 heteroatoms. The molecule has 0 unspecified atom stereocenters. The van der Waals surface area contributed by atoms with Crippen molar-refractivity contribution in [1.82, 2.24) is 10.3 Å².